The monoisotopic (exact) mass is 339 g/mol. The van der Waals surface area contributed by atoms with Gasteiger partial charge in [0.25, 0.3) is 5.97 Å². The summed E-state index contributed by atoms with van der Waals surface area (Å²) in [4.78, 5) is 10.2. The van der Waals surface area contributed by atoms with E-state index in [1.807, 2.05) is 30.3 Å². The van der Waals surface area contributed by atoms with E-state index < -0.39 is 5.97 Å². The van der Waals surface area contributed by atoms with E-state index in [4.69, 9.17) is 10.8 Å². The number of benzene rings is 3. The first-order chi connectivity index (χ1) is 11.7. The number of carbonyl (C=O) groups is 1. The van der Waals surface area contributed by atoms with Gasteiger partial charge in [-0.2, -0.15) is 42.8 Å². The Balaban J connectivity index is 0.000000240. The molecule has 0 atom stereocenters. The normalized spacial score (nSPS) is 9.12. The Hall–Kier alpha value is -2.20. The first-order valence-corrected chi connectivity index (χ1v) is 7.54. The summed E-state index contributed by atoms with van der Waals surface area (Å²) >= 11 is 0. The van der Waals surface area contributed by atoms with E-state index in [2.05, 4.69) is 30.3 Å². The Morgan fingerprint density at radius 3 is 2.08 bits per heavy atom. The molecule has 25 heavy (non-hydrogen) atoms. The van der Waals surface area contributed by atoms with Crippen LogP contribution < -0.4 is 29.6 Å². The topological polar surface area (TPSA) is 61.1 Å². The Bertz CT molecular complexity index is 724. The van der Waals surface area contributed by atoms with Crippen LogP contribution in [0.4, 0.5) is 5.69 Å². The molecule has 0 aromatic heterocycles. The molecule has 3 rings (SSSR count). The molecular formula is C21H18NNaO2-2. The molecule has 0 saturated carbocycles. The molecule has 0 heterocycles. The fourth-order valence-electron chi connectivity index (χ4n) is 2.08. The summed E-state index contributed by atoms with van der Waals surface area (Å²) in [5, 5.41) is 8.37. The molecule has 3 nitrogen and oxygen atoms in total. The molecule has 0 bridgehead atoms. The maximum atomic E-state index is 10.2. The summed E-state index contributed by atoms with van der Waals surface area (Å²) in [5.41, 5.74) is 10.9. The zero-order chi connectivity index (χ0) is 17.2. The molecule has 0 radical (unpaired) electrons. The number of nitrogens with one attached hydrogen (secondary N) is 1. The van der Waals surface area contributed by atoms with Crippen molar-refractivity contribution < 1.29 is 39.5 Å². The number of hydrogen-bond acceptors (Lipinski definition) is 1. The Labute approximate surface area is 170 Å². The number of carboxylic acid groups (broad SMARTS) is 1. The van der Waals surface area contributed by atoms with Crippen molar-refractivity contribution in [2.24, 2.45) is 0 Å². The van der Waals surface area contributed by atoms with Crippen LogP contribution >= 0.6 is 0 Å². The number of carboxylic acids is 1. The first kappa shape index (κ1) is 20.8. The molecule has 0 aliphatic carbocycles. The van der Waals surface area contributed by atoms with Gasteiger partial charge in [0.2, 0.25) is 0 Å². The van der Waals surface area contributed by atoms with Gasteiger partial charge in [0.1, 0.15) is 0 Å². The van der Waals surface area contributed by atoms with Crippen LogP contribution in [-0.2, 0) is 4.79 Å². The summed E-state index contributed by atoms with van der Waals surface area (Å²) in [6.45, 7) is 0. The maximum absolute atomic E-state index is 10.2. The van der Waals surface area contributed by atoms with Gasteiger partial charge in [0.15, 0.2) is 0 Å². The number of aliphatic carboxylic acids is 1. The summed E-state index contributed by atoms with van der Waals surface area (Å²) in [6, 6.07) is 28.2. The van der Waals surface area contributed by atoms with Crippen molar-refractivity contribution >= 4 is 11.7 Å². The van der Waals surface area contributed by atoms with Gasteiger partial charge in [-0.05, 0) is 5.56 Å². The minimum Gasteiger partial charge on any atom is -0.756 e. The van der Waals surface area contributed by atoms with Gasteiger partial charge < -0.3 is 10.8 Å². The molecule has 0 saturated heterocycles. The molecule has 0 aliphatic heterocycles. The fraction of sp³-hybridized carbons (Fsp3) is 0.0476. The third-order valence-corrected chi connectivity index (χ3v) is 3.28. The molecule has 2 N–H and O–H groups in total. The quantitative estimate of drug-likeness (QED) is 0.587. The van der Waals surface area contributed by atoms with E-state index in [0.29, 0.717) is 11.3 Å². The van der Waals surface area contributed by atoms with Gasteiger partial charge in [-0.3, -0.25) is 10.5 Å². The molecule has 0 amide bonds. The Kier molecular flexibility index (Phi) is 9.48. The Morgan fingerprint density at radius 1 is 0.920 bits per heavy atom. The van der Waals surface area contributed by atoms with Crippen LogP contribution in [0.15, 0.2) is 78.9 Å². The van der Waals surface area contributed by atoms with E-state index in [1.165, 1.54) is 17.5 Å². The number of rotatable bonds is 4. The zero-order valence-electron chi connectivity index (χ0n) is 14.1. The van der Waals surface area contributed by atoms with E-state index >= 15 is 0 Å². The van der Waals surface area contributed by atoms with Gasteiger partial charge in [-0.1, -0.05) is 36.4 Å². The number of hydrogen-bond donors (Lipinski definition) is 1. The van der Waals surface area contributed by atoms with Crippen molar-refractivity contribution in [2.75, 3.05) is 0 Å². The average Bonchev–Trinajstić information content (AvgIpc) is 2.63. The second-order valence-corrected chi connectivity index (χ2v) is 5.04. The van der Waals surface area contributed by atoms with Crippen molar-refractivity contribution in [2.45, 2.75) is 6.42 Å². The molecule has 0 unspecified atom stereocenters. The minimum absolute atomic E-state index is 0. The van der Waals surface area contributed by atoms with Gasteiger partial charge in [0.05, 0.1) is 0 Å². The van der Waals surface area contributed by atoms with Gasteiger partial charge in [-0.25, -0.2) is 5.56 Å². The molecule has 4 heteroatoms. The van der Waals surface area contributed by atoms with Crippen LogP contribution in [0.3, 0.4) is 0 Å². The van der Waals surface area contributed by atoms with Crippen LogP contribution in [0.5, 0.6) is 0 Å². The predicted molar refractivity (Wildman–Crippen MR) is 96.8 cm³/mol. The third kappa shape index (κ3) is 7.48. The van der Waals surface area contributed by atoms with Crippen molar-refractivity contribution in [1.29, 1.82) is 0 Å². The molecule has 3 aromatic carbocycles. The predicted octanol–water partition coefficient (Wildman–Crippen LogP) is 2.56. The minimum atomic E-state index is -0.877. The molecule has 3 aromatic rings. The smallest absolute Gasteiger partial charge is 0.756 e. The largest absolute Gasteiger partial charge is 1.00 e. The average molecular weight is 339 g/mol. The summed E-state index contributed by atoms with van der Waals surface area (Å²) in [7, 11) is 0. The third-order valence-electron chi connectivity index (χ3n) is 3.28. The molecule has 0 aliphatic rings. The molecule has 0 fully saturated rings. The van der Waals surface area contributed by atoms with Crippen LogP contribution in [0, 0.1) is 12.5 Å². The van der Waals surface area contributed by atoms with Crippen LogP contribution in [0.1, 0.15) is 12.0 Å². The van der Waals surface area contributed by atoms with Crippen LogP contribution in [-0.4, -0.2) is 11.1 Å². The summed E-state index contributed by atoms with van der Waals surface area (Å²) in [6.07, 6.45) is 1.50. The summed E-state index contributed by atoms with van der Waals surface area (Å²) < 4.78 is 0. The van der Waals surface area contributed by atoms with Gasteiger partial charge in [0, 0.05) is 6.42 Å². The fourth-order valence-corrected chi connectivity index (χ4v) is 2.08. The van der Waals surface area contributed by atoms with Crippen molar-refractivity contribution in [3.8, 4) is 11.1 Å². The molecule has 122 valence electrons. The standard InChI is InChI=1S/C12H9.C9H9NO2.Na/c1-3-7-11(8-4-1)12-9-5-2-6-10-12;10-8-4-2-1-3-7(8)5-6-9(11)12;/h1,3-10H;1-5,10H,6H2,(H,11,12);/q-1;-2;+1. The first-order valence-electron chi connectivity index (χ1n) is 7.54. The van der Waals surface area contributed by atoms with Crippen LogP contribution in [0.25, 0.3) is 16.9 Å². The SMILES string of the molecule is [NH-]c1ccccc1[CH-]CC(=O)O.[Na+].[c-]1ccc(-c2ccccc2)cc1. The van der Waals surface area contributed by atoms with Gasteiger partial charge >= 0.3 is 29.6 Å². The molecular weight excluding hydrogens is 321 g/mol. The van der Waals surface area contributed by atoms with Crippen molar-refractivity contribution in [3.63, 3.8) is 0 Å². The zero-order valence-corrected chi connectivity index (χ0v) is 16.1. The van der Waals surface area contributed by atoms with Crippen molar-refractivity contribution in [3.05, 3.63) is 103 Å². The van der Waals surface area contributed by atoms with E-state index in [-0.39, 0.29) is 36.0 Å². The second-order valence-electron chi connectivity index (χ2n) is 5.04. The van der Waals surface area contributed by atoms with E-state index in [1.54, 1.807) is 24.3 Å². The van der Waals surface area contributed by atoms with Crippen molar-refractivity contribution in [1.82, 2.24) is 0 Å². The summed E-state index contributed by atoms with van der Waals surface area (Å²) in [5.74, 6) is -0.877. The second kappa shape index (κ2) is 11.4. The maximum Gasteiger partial charge on any atom is 1.00 e. The van der Waals surface area contributed by atoms with E-state index in [9.17, 15) is 4.79 Å². The Morgan fingerprint density at radius 2 is 1.48 bits per heavy atom. The van der Waals surface area contributed by atoms with E-state index in [0.717, 1.165) is 0 Å². The van der Waals surface area contributed by atoms with Crippen LogP contribution in [0.2, 0.25) is 0 Å². The molecule has 0 spiro atoms. The van der Waals surface area contributed by atoms with Gasteiger partial charge in [-0.15, -0.1) is 17.7 Å².